The Morgan fingerprint density at radius 1 is 1.53 bits per heavy atom. The molecule has 0 radical (unpaired) electrons. The molecule has 1 aliphatic heterocycles. The molecule has 1 saturated heterocycles. The number of rotatable bonds is 7. The van der Waals surface area contributed by atoms with Gasteiger partial charge in [0.2, 0.25) is 0 Å². The largest absolute Gasteiger partial charge is 0.305 e. The van der Waals surface area contributed by atoms with Crippen molar-refractivity contribution >= 4 is 0 Å². The predicted molar refractivity (Wildman–Crippen MR) is 70.8 cm³/mol. The minimum atomic E-state index is 0.0216. The lowest BCUT2D eigenvalue weighted by Gasteiger charge is -2.21. The SMILES string of the molecule is CCCNC(C#N)CCN1CCC(N(C)C)C1. The Balaban J connectivity index is 2.20. The Morgan fingerprint density at radius 3 is 2.82 bits per heavy atom. The highest BCUT2D eigenvalue weighted by Gasteiger charge is 2.23. The average Bonchev–Trinajstić information content (AvgIpc) is 2.78. The molecule has 1 heterocycles. The number of hydrogen-bond donors (Lipinski definition) is 1. The molecule has 98 valence electrons. The van der Waals surface area contributed by atoms with Crippen LogP contribution in [0.3, 0.4) is 0 Å². The number of likely N-dealkylation sites (N-methyl/N-ethyl adjacent to an activating group) is 1. The summed E-state index contributed by atoms with van der Waals surface area (Å²) in [5.74, 6) is 0. The molecule has 17 heavy (non-hydrogen) atoms. The highest BCUT2D eigenvalue weighted by atomic mass is 15.2. The van der Waals surface area contributed by atoms with Crippen LogP contribution in [0.4, 0.5) is 0 Å². The van der Waals surface area contributed by atoms with Crippen LogP contribution in [0.25, 0.3) is 0 Å². The van der Waals surface area contributed by atoms with Crippen molar-refractivity contribution in [1.82, 2.24) is 15.1 Å². The maximum Gasteiger partial charge on any atom is 0.0965 e. The molecule has 2 atom stereocenters. The lowest BCUT2D eigenvalue weighted by Crippen LogP contribution is -2.35. The van der Waals surface area contributed by atoms with E-state index in [0.29, 0.717) is 6.04 Å². The van der Waals surface area contributed by atoms with Gasteiger partial charge in [0.25, 0.3) is 0 Å². The second-order valence-corrected chi connectivity index (χ2v) is 5.13. The van der Waals surface area contributed by atoms with Crippen LogP contribution in [0.2, 0.25) is 0 Å². The second-order valence-electron chi connectivity index (χ2n) is 5.13. The fourth-order valence-electron chi connectivity index (χ4n) is 2.28. The Hall–Kier alpha value is -0.630. The minimum Gasteiger partial charge on any atom is -0.305 e. The van der Waals surface area contributed by atoms with Crippen molar-refractivity contribution in [2.24, 2.45) is 0 Å². The van der Waals surface area contributed by atoms with Gasteiger partial charge in [0.05, 0.1) is 12.1 Å². The second kappa shape index (κ2) is 7.65. The van der Waals surface area contributed by atoms with Gasteiger partial charge in [-0.2, -0.15) is 5.26 Å². The zero-order chi connectivity index (χ0) is 12.7. The van der Waals surface area contributed by atoms with Crippen molar-refractivity contribution in [1.29, 1.82) is 5.26 Å². The maximum atomic E-state index is 9.03. The highest BCUT2D eigenvalue weighted by Crippen LogP contribution is 2.13. The van der Waals surface area contributed by atoms with Gasteiger partial charge in [-0.3, -0.25) is 0 Å². The molecule has 0 aromatic rings. The maximum absolute atomic E-state index is 9.03. The molecule has 4 nitrogen and oxygen atoms in total. The highest BCUT2D eigenvalue weighted by molar-refractivity contribution is 4.91. The number of nitrogens with zero attached hydrogens (tertiary/aromatic N) is 3. The first kappa shape index (κ1) is 14.4. The smallest absolute Gasteiger partial charge is 0.0965 e. The predicted octanol–water partition coefficient (Wildman–Crippen LogP) is 0.904. The van der Waals surface area contributed by atoms with E-state index in [-0.39, 0.29) is 6.04 Å². The number of hydrogen-bond acceptors (Lipinski definition) is 4. The normalized spacial score (nSPS) is 22.9. The van der Waals surface area contributed by atoms with E-state index in [1.807, 2.05) is 0 Å². The van der Waals surface area contributed by atoms with Crippen LogP contribution in [0, 0.1) is 11.3 Å². The van der Waals surface area contributed by atoms with Crippen LogP contribution in [0.1, 0.15) is 26.2 Å². The zero-order valence-corrected chi connectivity index (χ0v) is 11.4. The van der Waals surface area contributed by atoms with E-state index >= 15 is 0 Å². The summed E-state index contributed by atoms with van der Waals surface area (Å²) in [6, 6.07) is 3.06. The van der Waals surface area contributed by atoms with Crippen LogP contribution >= 0.6 is 0 Å². The summed E-state index contributed by atoms with van der Waals surface area (Å²) in [6.45, 7) is 6.44. The molecule has 1 rings (SSSR count). The number of likely N-dealkylation sites (tertiary alicyclic amines) is 1. The molecule has 0 spiro atoms. The summed E-state index contributed by atoms with van der Waals surface area (Å²) in [4.78, 5) is 4.78. The zero-order valence-electron chi connectivity index (χ0n) is 11.4. The first-order chi connectivity index (χ1) is 8.17. The van der Waals surface area contributed by atoms with E-state index in [9.17, 15) is 0 Å². The van der Waals surface area contributed by atoms with E-state index in [4.69, 9.17) is 5.26 Å². The van der Waals surface area contributed by atoms with E-state index in [0.717, 1.165) is 32.5 Å². The van der Waals surface area contributed by atoms with Gasteiger partial charge in [-0.25, -0.2) is 0 Å². The molecule has 1 fully saturated rings. The lowest BCUT2D eigenvalue weighted by atomic mass is 10.2. The van der Waals surface area contributed by atoms with Gasteiger partial charge in [0.1, 0.15) is 0 Å². The summed E-state index contributed by atoms with van der Waals surface area (Å²) in [7, 11) is 4.30. The van der Waals surface area contributed by atoms with E-state index in [2.05, 4.69) is 42.2 Å². The molecule has 2 unspecified atom stereocenters. The van der Waals surface area contributed by atoms with E-state index < -0.39 is 0 Å². The standard InChI is InChI=1S/C13H26N4/c1-4-7-15-12(10-14)5-8-17-9-6-13(11-17)16(2)3/h12-13,15H,4-9,11H2,1-3H3. The molecule has 0 aromatic carbocycles. The van der Waals surface area contributed by atoms with Crippen molar-refractivity contribution in [2.75, 3.05) is 40.3 Å². The molecule has 0 bridgehead atoms. The molecule has 4 heteroatoms. The van der Waals surface area contributed by atoms with Crippen molar-refractivity contribution in [3.05, 3.63) is 0 Å². The van der Waals surface area contributed by atoms with E-state index in [1.165, 1.54) is 13.0 Å². The van der Waals surface area contributed by atoms with Crippen molar-refractivity contribution in [3.63, 3.8) is 0 Å². The first-order valence-electron chi connectivity index (χ1n) is 6.69. The minimum absolute atomic E-state index is 0.0216. The number of nitrogens with one attached hydrogen (secondary N) is 1. The van der Waals surface area contributed by atoms with Gasteiger partial charge in [0, 0.05) is 19.1 Å². The van der Waals surface area contributed by atoms with Crippen LogP contribution < -0.4 is 5.32 Å². The van der Waals surface area contributed by atoms with Crippen LogP contribution in [-0.4, -0.2) is 62.2 Å². The Kier molecular flexibility index (Phi) is 6.49. The number of nitriles is 1. The van der Waals surface area contributed by atoms with Gasteiger partial charge < -0.3 is 15.1 Å². The Labute approximate surface area is 106 Å². The average molecular weight is 238 g/mol. The molecular weight excluding hydrogens is 212 g/mol. The molecule has 0 saturated carbocycles. The van der Waals surface area contributed by atoms with Crippen LogP contribution in [0.5, 0.6) is 0 Å². The molecule has 0 aromatic heterocycles. The molecular formula is C13H26N4. The Morgan fingerprint density at radius 2 is 2.29 bits per heavy atom. The van der Waals surface area contributed by atoms with Crippen molar-refractivity contribution in [2.45, 2.75) is 38.3 Å². The summed E-state index contributed by atoms with van der Waals surface area (Å²) < 4.78 is 0. The van der Waals surface area contributed by atoms with Gasteiger partial charge >= 0.3 is 0 Å². The summed E-state index contributed by atoms with van der Waals surface area (Å²) in [5, 5.41) is 12.3. The summed E-state index contributed by atoms with van der Waals surface area (Å²) in [5.41, 5.74) is 0. The lowest BCUT2D eigenvalue weighted by molar-refractivity contribution is 0.263. The molecule has 1 N–H and O–H groups in total. The molecule has 1 aliphatic rings. The van der Waals surface area contributed by atoms with Gasteiger partial charge in [0.15, 0.2) is 0 Å². The third-order valence-corrected chi connectivity index (χ3v) is 3.51. The van der Waals surface area contributed by atoms with Crippen molar-refractivity contribution < 1.29 is 0 Å². The molecule has 0 aliphatic carbocycles. The summed E-state index contributed by atoms with van der Waals surface area (Å²) in [6.07, 6.45) is 3.29. The van der Waals surface area contributed by atoms with Crippen LogP contribution in [-0.2, 0) is 0 Å². The molecule has 0 amide bonds. The first-order valence-corrected chi connectivity index (χ1v) is 6.69. The van der Waals surface area contributed by atoms with Crippen molar-refractivity contribution in [3.8, 4) is 6.07 Å². The van der Waals surface area contributed by atoms with Crippen LogP contribution in [0.15, 0.2) is 0 Å². The topological polar surface area (TPSA) is 42.3 Å². The third-order valence-electron chi connectivity index (χ3n) is 3.51. The van der Waals surface area contributed by atoms with Gasteiger partial charge in [-0.1, -0.05) is 6.92 Å². The fraction of sp³-hybridized carbons (Fsp3) is 0.923. The third kappa shape index (κ3) is 5.03. The quantitative estimate of drug-likeness (QED) is 0.716. The Bertz CT molecular complexity index is 246. The van der Waals surface area contributed by atoms with Gasteiger partial charge in [-0.15, -0.1) is 0 Å². The van der Waals surface area contributed by atoms with Gasteiger partial charge in [-0.05, 0) is 46.4 Å². The summed E-state index contributed by atoms with van der Waals surface area (Å²) >= 11 is 0. The monoisotopic (exact) mass is 238 g/mol. The van der Waals surface area contributed by atoms with E-state index in [1.54, 1.807) is 0 Å². The fourth-order valence-corrected chi connectivity index (χ4v) is 2.28.